The van der Waals surface area contributed by atoms with Crippen molar-refractivity contribution in [3.63, 3.8) is 0 Å². The van der Waals surface area contributed by atoms with E-state index in [4.69, 9.17) is 16.3 Å². The zero-order chi connectivity index (χ0) is 18.4. The van der Waals surface area contributed by atoms with E-state index in [1.165, 1.54) is 0 Å². The lowest BCUT2D eigenvalue weighted by Crippen LogP contribution is -2.43. The molecule has 0 atom stereocenters. The number of nitrogens with one attached hydrogen (secondary N) is 2. The number of nitro benzene ring substituents is 1. The lowest BCUT2D eigenvalue weighted by Gasteiger charge is -2.09. The van der Waals surface area contributed by atoms with Crippen LogP contribution >= 0.6 is 11.6 Å². The zero-order valence-electron chi connectivity index (χ0n) is 12.5. The third-order valence-corrected chi connectivity index (χ3v) is 4.38. The molecule has 0 saturated carbocycles. The first-order chi connectivity index (χ1) is 11.8. The molecule has 1 amide bonds. The average Bonchev–Trinajstić information content (AvgIpc) is 2.59. The minimum absolute atomic E-state index is 0.239. The number of hydrogen-bond acceptors (Lipinski definition) is 6. The van der Waals surface area contributed by atoms with Crippen molar-refractivity contribution in [2.75, 3.05) is 6.61 Å². The summed E-state index contributed by atoms with van der Waals surface area (Å²) in [6.07, 6.45) is 0. The van der Waals surface area contributed by atoms with Crippen molar-refractivity contribution in [2.24, 2.45) is 0 Å². The maximum Gasteiger partial charge on any atom is 0.272 e. The first-order valence-corrected chi connectivity index (χ1v) is 8.57. The molecule has 2 rings (SSSR count). The summed E-state index contributed by atoms with van der Waals surface area (Å²) in [7, 11) is -4.06. The second-order valence-corrected chi connectivity index (χ2v) is 6.77. The van der Waals surface area contributed by atoms with Crippen LogP contribution in [0, 0.1) is 10.1 Å². The van der Waals surface area contributed by atoms with Crippen molar-refractivity contribution < 1.29 is 22.9 Å². The van der Waals surface area contributed by atoms with Crippen molar-refractivity contribution in [3.8, 4) is 5.75 Å². The van der Waals surface area contributed by atoms with E-state index in [-0.39, 0.29) is 10.6 Å². The number of amides is 1. The van der Waals surface area contributed by atoms with Crippen molar-refractivity contribution in [1.82, 2.24) is 10.3 Å². The highest BCUT2D eigenvalue weighted by Gasteiger charge is 2.16. The predicted molar refractivity (Wildman–Crippen MR) is 88.5 cm³/mol. The van der Waals surface area contributed by atoms with Gasteiger partial charge >= 0.3 is 0 Å². The summed E-state index contributed by atoms with van der Waals surface area (Å²) in [5, 5.41) is 11.1. The minimum atomic E-state index is -4.06. The van der Waals surface area contributed by atoms with Gasteiger partial charge in [-0.15, -0.1) is 4.83 Å². The maximum atomic E-state index is 12.0. The van der Waals surface area contributed by atoms with Gasteiger partial charge in [-0.1, -0.05) is 11.6 Å². The average molecular weight is 386 g/mol. The number of carbonyl (C=O) groups is 1. The SMILES string of the molecule is O=C(COc1ccc(Cl)cc1)NNS(=O)(=O)c1ccc([N+](=O)[O-])cc1. The summed E-state index contributed by atoms with van der Waals surface area (Å²) in [6, 6.07) is 10.4. The Morgan fingerprint density at radius 2 is 1.72 bits per heavy atom. The number of non-ortho nitro benzene ring substituents is 1. The van der Waals surface area contributed by atoms with Gasteiger partial charge in [-0.05, 0) is 36.4 Å². The number of sulfonamides is 1. The lowest BCUT2D eigenvalue weighted by atomic mass is 10.3. The summed E-state index contributed by atoms with van der Waals surface area (Å²) in [5.74, 6) is -0.349. The molecule has 0 spiro atoms. The van der Waals surface area contributed by atoms with Gasteiger partial charge in [0.1, 0.15) is 5.75 Å². The maximum absolute atomic E-state index is 12.0. The fourth-order valence-corrected chi connectivity index (χ4v) is 2.63. The highest BCUT2D eigenvalue weighted by atomic mass is 35.5. The lowest BCUT2D eigenvalue weighted by molar-refractivity contribution is -0.384. The largest absolute Gasteiger partial charge is 0.484 e. The van der Waals surface area contributed by atoms with Crippen LogP contribution in [0.1, 0.15) is 0 Å². The molecule has 0 radical (unpaired) electrons. The number of hydrogen-bond donors (Lipinski definition) is 2. The van der Waals surface area contributed by atoms with Crippen LogP contribution in [0.4, 0.5) is 5.69 Å². The van der Waals surface area contributed by atoms with E-state index in [9.17, 15) is 23.3 Å². The van der Waals surface area contributed by atoms with Gasteiger partial charge in [-0.25, -0.2) is 8.42 Å². The molecule has 0 aromatic heterocycles. The summed E-state index contributed by atoms with van der Waals surface area (Å²) >= 11 is 5.71. The number of halogens is 1. The molecule has 132 valence electrons. The summed E-state index contributed by atoms with van der Waals surface area (Å²) < 4.78 is 29.1. The fourth-order valence-electron chi connectivity index (χ4n) is 1.65. The van der Waals surface area contributed by atoms with Gasteiger partial charge in [0.2, 0.25) is 0 Å². The normalized spacial score (nSPS) is 10.9. The summed E-state index contributed by atoms with van der Waals surface area (Å²) in [4.78, 5) is 23.2. The number of ether oxygens (including phenoxy) is 1. The van der Waals surface area contributed by atoms with Crippen LogP contribution in [0.15, 0.2) is 53.4 Å². The molecule has 0 fully saturated rings. The fraction of sp³-hybridized carbons (Fsp3) is 0.0714. The van der Waals surface area contributed by atoms with Gasteiger partial charge < -0.3 is 4.74 Å². The predicted octanol–water partition coefficient (Wildman–Crippen LogP) is 1.64. The van der Waals surface area contributed by atoms with Gasteiger partial charge in [0.05, 0.1) is 9.82 Å². The first kappa shape index (κ1) is 18.6. The molecular weight excluding hydrogens is 374 g/mol. The van der Waals surface area contributed by atoms with Crippen LogP contribution in [-0.2, 0) is 14.8 Å². The topological polar surface area (TPSA) is 128 Å². The number of nitrogens with zero attached hydrogens (tertiary/aromatic N) is 1. The molecule has 0 saturated heterocycles. The Morgan fingerprint density at radius 1 is 1.12 bits per heavy atom. The van der Waals surface area contributed by atoms with Gasteiger partial charge in [-0.2, -0.15) is 0 Å². The van der Waals surface area contributed by atoms with Crippen LogP contribution in [0.2, 0.25) is 5.02 Å². The van der Waals surface area contributed by atoms with Crippen LogP contribution in [-0.4, -0.2) is 25.9 Å². The first-order valence-electron chi connectivity index (χ1n) is 6.71. The molecule has 0 aliphatic heterocycles. The van der Waals surface area contributed by atoms with E-state index in [2.05, 4.69) is 0 Å². The van der Waals surface area contributed by atoms with Crippen LogP contribution in [0.25, 0.3) is 0 Å². The molecule has 2 aromatic rings. The number of carbonyl (C=O) groups excluding carboxylic acids is 1. The molecule has 25 heavy (non-hydrogen) atoms. The van der Waals surface area contributed by atoms with E-state index < -0.39 is 27.5 Å². The second-order valence-electron chi connectivity index (χ2n) is 4.65. The Kier molecular flexibility index (Phi) is 5.91. The Morgan fingerprint density at radius 3 is 2.28 bits per heavy atom. The van der Waals surface area contributed by atoms with Gasteiger partial charge in [-0.3, -0.25) is 20.3 Å². The Hall–Kier alpha value is -2.69. The number of benzene rings is 2. The van der Waals surface area contributed by atoms with Crippen LogP contribution in [0.3, 0.4) is 0 Å². The molecule has 0 aliphatic carbocycles. The minimum Gasteiger partial charge on any atom is -0.484 e. The Labute approximate surface area is 147 Å². The zero-order valence-corrected chi connectivity index (χ0v) is 14.1. The molecule has 0 aliphatic rings. The van der Waals surface area contributed by atoms with Crippen LogP contribution in [0.5, 0.6) is 5.75 Å². The monoisotopic (exact) mass is 385 g/mol. The molecule has 0 bridgehead atoms. The molecule has 11 heteroatoms. The smallest absolute Gasteiger partial charge is 0.272 e. The number of hydrazine groups is 1. The van der Waals surface area contributed by atoms with Crippen molar-refractivity contribution >= 4 is 33.2 Å². The van der Waals surface area contributed by atoms with E-state index in [0.29, 0.717) is 10.8 Å². The van der Waals surface area contributed by atoms with E-state index >= 15 is 0 Å². The molecular formula is C14H12ClN3O6S. The third-order valence-electron chi connectivity index (χ3n) is 2.87. The molecule has 0 heterocycles. The second kappa shape index (κ2) is 7.92. The molecule has 0 unspecified atom stereocenters. The van der Waals surface area contributed by atoms with E-state index in [0.717, 1.165) is 24.3 Å². The molecule has 2 N–H and O–H groups in total. The Balaban J connectivity index is 1.89. The van der Waals surface area contributed by atoms with E-state index in [1.54, 1.807) is 24.3 Å². The standard InChI is InChI=1S/C14H12ClN3O6S/c15-10-1-5-12(6-2-10)24-9-14(19)16-17-25(22,23)13-7-3-11(4-8-13)18(20)21/h1-8,17H,9H2,(H,16,19). The number of nitro groups is 1. The van der Waals surface area contributed by atoms with E-state index in [1.807, 2.05) is 10.3 Å². The van der Waals surface area contributed by atoms with Crippen molar-refractivity contribution in [3.05, 3.63) is 63.7 Å². The van der Waals surface area contributed by atoms with Gasteiger partial charge in [0.15, 0.2) is 6.61 Å². The van der Waals surface area contributed by atoms with Crippen molar-refractivity contribution in [1.29, 1.82) is 0 Å². The third kappa shape index (κ3) is 5.41. The van der Waals surface area contributed by atoms with Crippen LogP contribution < -0.4 is 15.0 Å². The molecule has 2 aromatic carbocycles. The quantitative estimate of drug-likeness (QED) is 0.550. The van der Waals surface area contributed by atoms with Gasteiger partial charge in [0, 0.05) is 17.2 Å². The Bertz CT molecular complexity index is 868. The van der Waals surface area contributed by atoms with Gasteiger partial charge in [0.25, 0.3) is 21.6 Å². The molecule has 9 nitrogen and oxygen atoms in total. The number of rotatable bonds is 7. The van der Waals surface area contributed by atoms with Crippen molar-refractivity contribution in [2.45, 2.75) is 4.90 Å². The summed E-state index contributed by atoms with van der Waals surface area (Å²) in [6.45, 7) is -0.426. The summed E-state index contributed by atoms with van der Waals surface area (Å²) in [5.41, 5.74) is 1.73. The highest BCUT2D eigenvalue weighted by molar-refractivity contribution is 7.89. The highest BCUT2D eigenvalue weighted by Crippen LogP contribution is 2.16.